The topological polar surface area (TPSA) is 87.4 Å². The molecular weight excluding hydrogens is 282 g/mol. The van der Waals surface area contributed by atoms with E-state index in [1.54, 1.807) is 0 Å². The Balaban J connectivity index is 1.76. The lowest BCUT2D eigenvalue weighted by atomic mass is 9.99. The van der Waals surface area contributed by atoms with Gasteiger partial charge in [0.05, 0.1) is 12.2 Å². The maximum absolute atomic E-state index is 11.8. The third kappa shape index (κ3) is 4.34. The van der Waals surface area contributed by atoms with Crippen LogP contribution >= 0.6 is 0 Å². The van der Waals surface area contributed by atoms with Crippen molar-refractivity contribution >= 4 is 6.03 Å². The zero-order valence-corrected chi connectivity index (χ0v) is 13.2. The van der Waals surface area contributed by atoms with Crippen LogP contribution in [0.3, 0.4) is 0 Å². The van der Waals surface area contributed by atoms with Crippen molar-refractivity contribution in [1.29, 1.82) is 0 Å². The average molecular weight is 307 g/mol. The zero-order valence-electron chi connectivity index (χ0n) is 13.2. The van der Waals surface area contributed by atoms with E-state index < -0.39 is 0 Å². The lowest BCUT2D eigenvalue weighted by Crippen LogP contribution is -2.40. The van der Waals surface area contributed by atoms with Crippen LogP contribution in [-0.2, 0) is 6.54 Å². The van der Waals surface area contributed by atoms with E-state index in [-0.39, 0.29) is 24.6 Å². The lowest BCUT2D eigenvalue weighted by Gasteiger charge is -2.12. The van der Waals surface area contributed by atoms with Crippen LogP contribution in [-0.4, -0.2) is 28.9 Å². The van der Waals surface area contributed by atoms with Crippen molar-refractivity contribution in [3.8, 4) is 0 Å². The Kier molecular flexibility index (Phi) is 6.00. The number of carbonyl (C=O) groups is 1. The predicted octanol–water partition coefficient (Wildman–Crippen LogP) is 2.31. The Bertz CT molecular complexity index is 508. The van der Waals surface area contributed by atoms with Crippen LogP contribution in [0.2, 0.25) is 0 Å². The van der Waals surface area contributed by atoms with E-state index >= 15 is 0 Å². The van der Waals surface area contributed by atoms with Crippen molar-refractivity contribution in [2.75, 3.05) is 6.61 Å². The number of nitrogens with one attached hydrogen (secondary N) is 2. The van der Waals surface area contributed by atoms with Crippen LogP contribution < -0.4 is 10.6 Å². The predicted molar refractivity (Wildman–Crippen MR) is 83.3 cm³/mol. The summed E-state index contributed by atoms with van der Waals surface area (Å²) in [4.78, 5) is 11.8. The molecule has 22 heavy (non-hydrogen) atoms. The molecule has 0 saturated carbocycles. The lowest BCUT2D eigenvalue weighted by molar-refractivity contribution is 0.230. The van der Waals surface area contributed by atoms with Crippen molar-refractivity contribution in [3.05, 3.63) is 29.7 Å². The smallest absolute Gasteiger partial charge is 0.315 e. The van der Waals surface area contributed by atoms with E-state index in [4.69, 9.17) is 9.63 Å². The quantitative estimate of drug-likeness (QED) is 0.675. The number of carbonyl (C=O) groups excluding carboxylic acids is 1. The van der Waals surface area contributed by atoms with Gasteiger partial charge in [-0.1, -0.05) is 31.2 Å². The second-order valence-corrected chi connectivity index (χ2v) is 5.73. The highest BCUT2D eigenvalue weighted by Crippen LogP contribution is 2.22. The van der Waals surface area contributed by atoms with Gasteiger partial charge in [-0.15, -0.1) is 0 Å². The number of urea groups is 1. The van der Waals surface area contributed by atoms with Crippen molar-refractivity contribution in [1.82, 2.24) is 15.8 Å². The molecule has 2 atom stereocenters. The Morgan fingerprint density at radius 2 is 2.23 bits per heavy atom. The van der Waals surface area contributed by atoms with Gasteiger partial charge in [0.25, 0.3) is 0 Å². The van der Waals surface area contributed by atoms with Gasteiger partial charge in [0.15, 0.2) is 5.76 Å². The van der Waals surface area contributed by atoms with Gasteiger partial charge in [-0.2, -0.15) is 0 Å². The maximum atomic E-state index is 11.8. The molecule has 0 aromatic carbocycles. The number of aliphatic hydroxyl groups is 1. The summed E-state index contributed by atoms with van der Waals surface area (Å²) in [5.41, 5.74) is 0.951. The van der Waals surface area contributed by atoms with E-state index in [0.29, 0.717) is 18.2 Å². The summed E-state index contributed by atoms with van der Waals surface area (Å²) in [6.07, 6.45) is 6.64. The van der Waals surface area contributed by atoms with Crippen LogP contribution in [0, 0.1) is 5.92 Å². The number of hydrogen-bond acceptors (Lipinski definition) is 4. The molecule has 1 aromatic heterocycles. The first kappa shape index (κ1) is 16.5. The minimum Gasteiger partial charge on any atom is -0.396 e. The third-order valence-corrected chi connectivity index (χ3v) is 4.13. The summed E-state index contributed by atoms with van der Waals surface area (Å²) < 4.78 is 5.26. The Labute approximate surface area is 131 Å². The van der Waals surface area contributed by atoms with E-state index in [0.717, 1.165) is 25.0 Å². The SMILES string of the molecule is CCC(CC)c1cc(CNC(=O)N[C@@H]2C=C[C@H](CO)C2)on1. The Morgan fingerprint density at radius 1 is 1.45 bits per heavy atom. The molecule has 2 rings (SSSR count). The number of amides is 2. The minimum atomic E-state index is -0.242. The van der Waals surface area contributed by atoms with Crippen molar-refractivity contribution < 1.29 is 14.4 Å². The summed E-state index contributed by atoms with van der Waals surface area (Å²) in [6.45, 7) is 4.69. The second-order valence-electron chi connectivity index (χ2n) is 5.73. The summed E-state index contributed by atoms with van der Waals surface area (Å²) in [5, 5.41) is 18.8. The van der Waals surface area contributed by atoms with Gasteiger partial charge in [-0.05, 0) is 19.3 Å². The van der Waals surface area contributed by atoms with Crippen LogP contribution in [0.25, 0.3) is 0 Å². The van der Waals surface area contributed by atoms with Gasteiger partial charge in [0.1, 0.15) is 0 Å². The summed E-state index contributed by atoms with van der Waals surface area (Å²) in [5.74, 6) is 1.21. The largest absolute Gasteiger partial charge is 0.396 e. The number of rotatable bonds is 7. The fourth-order valence-electron chi connectivity index (χ4n) is 2.72. The van der Waals surface area contributed by atoms with Gasteiger partial charge in [0, 0.05) is 30.6 Å². The zero-order chi connectivity index (χ0) is 15.9. The molecule has 0 unspecified atom stereocenters. The van der Waals surface area contributed by atoms with Crippen LogP contribution in [0.5, 0.6) is 0 Å². The second kappa shape index (κ2) is 7.98. The summed E-state index contributed by atoms with van der Waals surface area (Å²) in [6, 6.07) is 1.65. The monoisotopic (exact) mass is 307 g/mol. The van der Waals surface area contributed by atoms with Crippen LogP contribution in [0.1, 0.15) is 50.5 Å². The van der Waals surface area contributed by atoms with E-state index in [2.05, 4.69) is 29.6 Å². The number of aliphatic hydroxyl groups excluding tert-OH is 1. The molecule has 1 aliphatic rings. The molecule has 0 fully saturated rings. The standard InChI is InChI=1S/C16H25N3O3/c1-3-12(4-2)15-8-14(22-19-15)9-17-16(21)18-13-6-5-11(7-13)10-20/h5-6,8,11-13,20H,3-4,7,9-10H2,1-2H3,(H2,17,18,21)/t11-,13+/m0/s1. The van der Waals surface area contributed by atoms with Crippen LogP contribution in [0.15, 0.2) is 22.7 Å². The van der Waals surface area contributed by atoms with Gasteiger partial charge in [-0.3, -0.25) is 0 Å². The molecule has 1 aromatic rings. The van der Waals surface area contributed by atoms with E-state index in [1.165, 1.54) is 0 Å². The fraction of sp³-hybridized carbons (Fsp3) is 0.625. The van der Waals surface area contributed by atoms with Crippen molar-refractivity contribution in [2.45, 2.75) is 51.6 Å². The Morgan fingerprint density at radius 3 is 2.86 bits per heavy atom. The molecule has 2 amide bonds. The first-order chi connectivity index (χ1) is 10.7. The molecule has 6 heteroatoms. The maximum Gasteiger partial charge on any atom is 0.315 e. The highest BCUT2D eigenvalue weighted by Gasteiger charge is 2.20. The van der Waals surface area contributed by atoms with Crippen molar-refractivity contribution in [3.63, 3.8) is 0 Å². The molecule has 0 aliphatic heterocycles. The normalized spacial score (nSPS) is 20.5. The van der Waals surface area contributed by atoms with Gasteiger partial charge in [-0.25, -0.2) is 4.79 Å². The molecule has 122 valence electrons. The molecule has 3 N–H and O–H groups in total. The highest BCUT2D eigenvalue weighted by molar-refractivity contribution is 5.74. The summed E-state index contributed by atoms with van der Waals surface area (Å²) in [7, 11) is 0. The first-order valence-corrected chi connectivity index (χ1v) is 7.95. The van der Waals surface area contributed by atoms with E-state index in [9.17, 15) is 4.79 Å². The molecular formula is C16H25N3O3. The molecule has 0 radical (unpaired) electrons. The first-order valence-electron chi connectivity index (χ1n) is 7.95. The Hall–Kier alpha value is -1.82. The molecule has 0 spiro atoms. The van der Waals surface area contributed by atoms with Crippen molar-refractivity contribution in [2.24, 2.45) is 5.92 Å². The van der Waals surface area contributed by atoms with Gasteiger partial charge in [0.2, 0.25) is 0 Å². The third-order valence-electron chi connectivity index (χ3n) is 4.13. The molecule has 0 bridgehead atoms. The highest BCUT2D eigenvalue weighted by atomic mass is 16.5. The van der Waals surface area contributed by atoms with E-state index in [1.807, 2.05) is 18.2 Å². The van der Waals surface area contributed by atoms with Crippen LogP contribution in [0.4, 0.5) is 4.79 Å². The number of aromatic nitrogens is 1. The molecule has 1 heterocycles. The van der Waals surface area contributed by atoms with Gasteiger partial charge < -0.3 is 20.3 Å². The summed E-state index contributed by atoms with van der Waals surface area (Å²) >= 11 is 0. The molecule has 1 aliphatic carbocycles. The molecule has 0 saturated heterocycles. The number of hydrogen-bond donors (Lipinski definition) is 3. The minimum absolute atomic E-state index is 0.0213. The fourth-order valence-corrected chi connectivity index (χ4v) is 2.72. The average Bonchev–Trinajstić information content (AvgIpc) is 3.16. The van der Waals surface area contributed by atoms with Gasteiger partial charge >= 0.3 is 6.03 Å². The molecule has 6 nitrogen and oxygen atoms in total. The number of nitrogens with zero attached hydrogens (tertiary/aromatic N) is 1.